The number of nitriles is 2. The minimum atomic E-state index is -0.498. The molecule has 0 aliphatic heterocycles. The topological polar surface area (TPSA) is 122 Å². The first-order valence-electron chi connectivity index (χ1n) is 11.6. The smallest absolute Gasteiger partial charge is 0.269 e. The zero-order chi connectivity index (χ0) is 26.8. The van der Waals surface area contributed by atoms with Crippen molar-refractivity contribution in [3.8, 4) is 23.6 Å². The Hall–Kier alpha value is -4.99. The second-order valence-electron chi connectivity index (χ2n) is 8.59. The Bertz CT molecular complexity index is 1830. The molecule has 1 aromatic carbocycles. The maximum Gasteiger partial charge on any atom is 0.269 e. The highest BCUT2D eigenvalue weighted by Crippen LogP contribution is 2.31. The predicted molar refractivity (Wildman–Crippen MR) is 141 cm³/mol. The fourth-order valence-corrected chi connectivity index (χ4v) is 4.52. The number of pyridine rings is 3. The van der Waals surface area contributed by atoms with E-state index in [-0.39, 0.29) is 12.2 Å². The Morgan fingerprint density at radius 3 is 2.76 bits per heavy atom. The summed E-state index contributed by atoms with van der Waals surface area (Å²) in [4.78, 5) is 22.0. The maximum absolute atomic E-state index is 12.8. The number of aromatic nitrogens is 5. The van der Waals surface area contributed by atoms with Crippen LogP contribution in [0.4, 0.5) is 0 Å². The van der Waals surface area contributed by atoms with Crippen LogP contribution >= 0.6 is 11.6 Å². The molecule has 1 unspecified atom stereocenters. The standard InChI is InChI=1S/C28H20ClN7O2/c1-17-11-24(36-15-19(12-30)14-33-36)21-6-3-7-25(27(21)34-17)38-16-22-23(29)8-9-32-26(22)18(2)35-10-4-5-20(13-31)28(35)37/h3-11,14-15,18H,16H2,1-2H3. The van der Waals surface area contributed by atoms with Crippen molar-refractivity contribution in [1.29, 1.82) is 10.5 Å². The molecule has 38 heavy (non-hydrogen) atoms. The van der Waals surface area contributed by atoms with E-state index in [2.05, 4.69) is 16.2 Å². The van der Waals surface area contributed by atoms with Gasteiger partial charge in [-0.1, -0.05) is 23.7 Å². The molecule has 0 saturated carbocycles. The van der Waals surface area contributed by atoms with E-state index in [1.807, 2.05) is 44.2 Å². The first-order valence-corrected chi connectivity index (χ1v) is 12.0. The highest BCUT2D eigenvalue weighted by atomic mass is 35.5. The second kappa shape index (κ2) is 10.2. The Kier molecular flexibility index (Phi) is 6.61. The lowest BCUT2D eigenvalue weighted by Crippen LogP contribution is -2.26. The summed E-state index contributed by atoms with van der Waals surface area (Å²) in [6, 6.07) is 15.8. The number of ether oxygens (including phenoxy) is 1. The van der Waals surface area contributed by atoms with Crippen LogP contribution in [0.15, 0.2) is 72.0 Å². The monoisotopic (exact) mass is 521 g/mol. The van der Waals surface area contributed by atoms with Crippen LogP contribution in [0.25, 0.3) is 16.6 Å². The largest absolute Gasteiger partial charge is 0.486 e. The minimum absolute atomic E-state index is 0.0475. The number of para-hydroxylation sites is 1. The summed E-state index contributed by atoms with van der Waals surface area (Å²) in [7, 11) is 0. The molecule has 0 radical (unpaired) electrons. The number of fused-ring (bicyclic) bond motifs is 1. The van der Waals surface area contributed by atoms with Crippen molar-refractivity contribution in [3.05, 3.63) is 111 Å². The third-order valence-electron chi connectivity index (χ3n) is 6.18. The highest BCUT2D eigenvalue weighted by Gasteiger charge is 2.20. The van der Waals surface area contributed by atoms with Crippen LogP contribution in [0.2, 0.25) is 5.02 Å². The van der Waals surface area contributed by atoms with E-state index in [0.29, 0.717) is 33.1 Å². The average Bonchev–Trinajstić information content (AvgIpc) is 3.41. The molecule has 4 aromatic heterocycles. The zero-order valence-corrected chi connectivity index (χ0v) is 21.2. The van der Waals surface area contributed by atoms with Crippen LogP contribution in [0.5, 0.6) is 5.75 Å². The highest BCUT2D eigenvalue weighted by molar-refractivity contribution is 6.31. The number of hydrogen-bond acceptors (Lipinski definition) is 7. The van der Waals surface area contributed by atoms with Crippen LogP contribution in [-0.4, -0.2) is 24.3 Å². The van der Waals surface area contributed by atoms with E-state index < -0.39 is 11.6 Å². The van der Waals surface area contributed by atoms with Crippen LogP contribution in [0.1, 0.15) is 41.0 Å². The quantitative estimate of drug-likeness (QED) is 0.312. The van der Waals surface area contributed by atoms with Crippen molar-refractivity contribution in [2.24, 2.45) is 0 Å². The molecular weight excluding hydrogens is 502 g/mol. The van der Waals surface area contributed by atoms with E-state index in [4.69, 9.17) is 21.3 Å². The van der Waals surface area contributed by atoms with Crippen LogP contribution in [-0.2, 0) is 6.61 Å². The van der Waals surface area contributed by atoms with Crippen LogP contribution in [0.3, 0.4) is 0 Å². The van der Waals surface area contributed by atoms with Crippen molar-refractivity contribution in [2.45, 2.75) is 26.5 Å². The number of hydrogen-bond donors (Lipinski definition) is 0. The molecule has 0 N–H and O–H groups in total. The van der Waals surface area contributed by atoms with E-state index >= 15 is 0 Å². The molecule has 0 amide bonds. The van der Waals surface area contributed by atoms with Crippen molar-refractivity contribution < 1.29 is 4.74 Å². The molecule has 9 nitrogen and oxygen atoms in total. The summed E-state index contributed by atoms with van der Waals surface area (Å²) in [5, 5.41) is 24.0. The normalized spacial score (nSPS) is 11.6. The van der Waals surface area contributed by atoms with Gasteiger partial charge in [0.1, 0.15) is 35.6 Å². The maximum atomic E-state index is 12.8. The van der Waals surface area contributed by atoms with Crippen molar-refractivity contribution in [1.82, 2.24) is 24.3 Å². The Labute approximate surface area is 222 Å². The molecule has 5 aromatic rings. The third-order valence-corrected chi connectivity index (χ3v) is 6.53. The molecule has 5 rings (SSSR count). The molecule has 0 fully saturated rings. The van der Waals surface area contributed by atoms with E-state index in [1.54, 1.807) is 35.4 Å². The van der Waals surface area contributed by atoms with Gasteiger partial charge in [-0.05, 0) is 44.2 Å². The number of nitrogens with zero attached hydrogens (tertiary/aromatic N) is 7. The molecule has 0 aliphatic rings. The van der Waals surface area contributed by atoms with Gasteiger partial charge in [0.15, 0.2) is 0 Å². The van der Waals surface area contributed by atoms with Crippen molar-refractivity contribution >= 4 is 22.5 Å². The first kappa shape index (κ1) is 24.7. The number of aryl methyl sites for hydroxylation is 1. The molecule has 4 heterocycles. The molecule has 1 atom stereocenters. The lowest BCUT2D eigenvalue weighted by molar-refractivity contribution is 0.306. The van der Waals surface area contributed by atoms with E-state index in [1.165, 1.54) is 16.8 Å². The molecule has 186 valence electrons. The van der Waals surface area contributed by atoms with Gasteiger partial charge in [0.05, 0.1) is 34.2 Å². The molecule has 0 aliphatic carbocycles. The van der Waals surface area contributed by atoms with Gasteiger partial charge < -0.3 is 9.30 Å². The Morgan fingerprint density at radius 1 is 1.16 bits per heavy atom. The Morgan fingerprint density at radius 2 is 2.00 bits per heavy atom. The lowest BCUT2D eigenvalue weighted by atomic mass is 10.1. The van der Waals surface area contributed by atoms with Crippen molar-refractivity contribution in [2.75, 3.05) is 0 Å². The molecule has 10 heteroatoms. The number of benzene rings is 1. The van der Waals surface area contributed by atoms with Gasteiger partial charge in [-0.25, -0.2) is 9.67 Å². The molecule has 0 saturated heterocycles. The van der Waals surface area contributed by atoms with Gasteiger partial charge in [-0.15, -0.1) is 0 Å². The summed E-state index contributed by atoms with van der Waals surface area (Å²) in [5.41, 5.74) is 3.41. The molecule has 0 spiro atoms. The fourth-order valence-electron chi connectivity index (χ4n) is 4.32. The van der Waals surface area contributed by atoms with Gasteiger partial charge in [-0.2, -0.15) is 15.6 Å². The fraction of sp³-hybridized carbons (Fsp3) is 0.143. The minimum Gasteiger partial charge on any atom is -0.486 e. The Balaban J connectivity index is 1.53. The molecule has 0 bridgehead atoms. The third kappa shape index (κ3) is 4.47. The summed E-state index contributed by atoms with van der Waals surface area (Å²) < 4.78 is 9.35. The summed E-state index contributed by atoms with van der Waals surface area (Å²) in [6.45, 7) is 3.77. The SMILES string of the molecule is Cc1cc(-n2cc(C#N)cn2)c2cccc(OCc3c(Cl)ccnc3C(C)n3cccc(C#N)c3=O)c2n1. The zero-order valence-electron chi connectivity index (χ0n) is 20.5. The summed E-state index contributed by atoms with van der Waals surface area (Å²) >= 11 is 6.58. The number of halogens is 1. The van der Waals surface area contributed by atoms with Crippen LogP contribution < -0.4 is 10.3 Å². The van der Waals surface area contributed by atoms with Gasteiger partial charge in [-0.3, -0.25) is 9.78 Å². The van der Waals surface area contributed by atoms with Crippen molar-refractivity contribution in [3.63, 3.8) is 0 Å². The summed E-state index contributed by atoms with van der Waals surface area (Å²) in [5.74, 6) is 0.530. The molecular formula is C28H20ClN7O2. The van der Waals surface area contributed by atoms with E-state index in [0.717, 1.165) is 16.8 Å². The van der Waals surface area contributed by atoms with E-state index in [9.17, 15) is 15.3 Å². The van der Waals surface area contributed by atoms with Gasteiger partial charge in [0.25, 0.3) is 5.56 Å². The van der Waals surface area contributed by atoms with Gasteiger partial charge in [0, 0.05) is 35.2 Å². The van der Waals surface area contributed by atoms with Gasteiger partial charge in [0.2, 0.25) is 0 Å². The van der Waals surface area contributed by atoms with Gasteiger partial charge >= 0.3 is 0 Å². The summed E-state index contributed by atoms with van der Waals surface area (Å²) in [6.07, 6.45) is 6.36. The first-order chi connectivity index (χ1) is 18.4. The second-order valence-corrected chi connectivity index (χ2v) is 8.99. The predicted octanol–water partition coefficient (Wildman–Crippen LogP) is 4.87. The average molecular weight is 522 g/mol. The van der Waals surface area contributed by atoms with Crippen LogP contribution in [0, 0.1) is 29.6 Å². The number of rotatable bonds is 6. The lowest BCUT2D eigenvalue weighted by Gasteiger charge is -2.19.